The monoisotopic (exact) mass is 918 g/mol. The normalized spacial score (nSPS) is 15.1. The molecule has 4 aromatic carbocycles. The predicted octanol–water partition coefficient (Wildman–Crippen LogP) is 13.4. The molecule has 0 heterocycles. The number of anilines is 1. The first-order chi connectivity index (χ1) is 27.1. The zero-order chi connectivity index (χ0) is 41.7. The van der Waals surface area contributed by atoms with Gasteiger partial charge in [-0.3, -0.25) is 0 Å². The van der Waals surface area contributed by atoms with Crippen molar-refractivity contribution in [3.05, 3.63) is 102 Å². The van der Waals surface area contributed by atoms with E-state index >= 15 is 0 Å². The second kappa shape index (κ2) is 24.1. The molecule has 0 radical (unpaired) electrons. The Bertz CT molecular complexity index is 1880. The molecule has 8 heteroatoms. The summed E-state index contributed by atoms with van der Waals surface area (Å²) < 4.78 is 34.0. The van der Waals surface area contributed by atoms with Crippen molar-refractivity contribution < 1.29 is 38.1 Å². The molecular weight excluding hydrogens is 848 g/mol. The SMILES string of the molecule is CC(C)Oc1cccc(-c2c(C(C)C)cc(C(C)C)cc2C(C)C)c1[PH+](C1CCCCC1)C1CCCCC1.CNc1ccccc1-c1[c-]cccc1.CS(=O)(=O)[O-].[Pd+2]. The average Bonchev–Trinajstić information content (AvgIpc) is 3.18. The second-order valence-corrected chi connectivity index (χ2v) is 21.7. The zero-order valence-corrected chi connectivity index (χ0v) is 40.3. The van der Waals surface area contributed by atoms with Crippen LogP contribution in [0.2, 0.25) is 0 Å². The van der Waals surface area contributed by atoms with Crippen LogP contribution in [0.15, 0.2) is 78.9 Å². The summed E-state index contributed by atoms with van der Waals surface area (Å²) in [6, 6.07) is 31.6. The van der Waals surface area contributed by atoms with Crippen LogP contribution in [-0.4, -0.2) is 43.7 Å². The van der Waals surface area contributed by atoms with Gasteiger partial charge in [-0.2, -0.15) is 0 Å². The molecule has 2 fully saturated rings. The molecule has 320 valence electrons. The quantitative estimate of drug-likeness (QED) is 0.0702. The molecule has 0 bridgehead atoms. The van der Waals surface area contributed by atoms with Gasteiger partial charge in [0.25, 0.3) is 0 Å². The van der Waals surface area contributed by atoms with Crippen LogP contribution in [0.5, 0.6) is 5.75 Å². The Morgan fingerprint density at radius 1 is 0.707 bits per heavy atom. The minimum Gasteiger partial charge on any atom is -0.748 e. The van der Waals surface area contributed by atoms with Crippen LogP contribution in [0.3, 0.4) is 0 Å². The van der Waals surface area contributed by atoms with Gasteiger partial charge >= 0.3 is 20.4 Å². The molecular formula is C50H71NO4PPdS+. The van der Waals surface area contributed by atoms with Crippen LogP contribution < -0.4 is 15.4 Å². The minimum absolute atomic E-state index is 0. The summed E-state index contributed by atoms with van der Waals surface area (Å²) in [4.78, 5) is 0. The number of hydrogen-bond acceptors (Lipinski definition) is 5. The summed E-state index contributed by atoms with van der Waals surface area (Å²) in [6.45, 7) is 18.7. The van der Waals surface area contributed by atoms with Crippen LogP contribution in [-0.2, 0) is 30.5 Å². The van der Waals surface area contributed by atoms with Gasteiger partial charge in [-0.15, -0.1) is 35.9 Å². The molecule has 4 aromatic rings. The van der Waals surface area contributed by atoms with E-state index in [0.29, 0.717) is 24.0 Å². The molecule has 0 amide bonds. The predicted molar refractivity (Wildman–Crippen MR) is 247 cm³/mol. The van der Waals surface area contributed by atoms with E-state index in [9.17, 15) is 0 Å². The van der Waals surface area contributed by atoms with Crippen molar-refractivity contribution in [2.24, 2.45) is 0 Å². The molecule has 0 aliphatic heterocycles. The van der Waals surface area contributed by atoms with E-state index in [2.05, 4.69) is 115 Å². The van der Waals surface area contributed by atoms with Gasteiger partial charge in [0.2, 0.25) is 0 Å². The summed E-state index contributed by atoms with van der Waals surface area (Å²) in [5, 5.41) is 4.83. The van der Waals surface area contributed by atoms with Gasteiger partial charge in [0, 0.05) is 26.8 Å². The Balaban J connectivity index is 0.000000370. The molecule has 5 nitrogen and oxygen atoms in total. The number of nitrogens with one attached hydrogen (secondary N) is 1. The van der Waals surface area contributed by atoms with Gasteiger partial charge in [-0.25, -0.2) is 8.42 Å². The van der Waals surface area contributed by atoms with Crippen molar-refractivity contribution in [1.82, 2.24) is 0 Å². The summed E-state index contributed by atoms with van der Waals surface area (Å²) >= 11 is 0. The standard InChI is InChI=1S/C36H55OP.C13H12N.CH4O3S.Pd/c1-24(2)28-22-32(25(3)4)35(33(23-28)26(5)6)31-20-15-21-34(37-27(7)8)36(31)38(29-16-11-9-12-17-29)30-18-13-10-14-19-30;1-14-13-10-6-5-9-12(13)11-7-3-2-4-8-11;1-5(2,3)4;/h15,20-27,29-30H,9-14,16-19H2,1-8H3;2-7,9-10,14H,1H3;1H3,(H,2,3,4);/q;-1;;+2. The van der Waals surface area contributed by atoms with Crippen molar-refractivity contribution in [2.45, 2.75) is 155 Å². The van der Waals surface area contributed by atoms with E-state index in [1.165, 1.54) is 103 Å². The van der Waals surface area contributed by atoms with Crippen molar-refractivity contribution in [3.63, 3.8) is 0 Å². The Hall–Kier alpha value is -2.52. The Morgan fingerprint density at radius 3 is 1.66 bits per heavy atom. The summed E-state index contributed by atoms with van der Waals surface area (Å²) in [5.41, 5.74) is 12.8. The molecule has 58 heavy (non-hydrogen) atoms. The summed E-state index contributed by atoms with van der Waals surface area (Å²) in [7, 11) is -2.79. The average molecular weight is 920 g/mol. The van der Waals surface area contributed by atoms with Crippen molar-refractivity contribution in [3.8, 4) is 28.0 Å². The third kappa shape index (κ3) is 14.6. The maximum atomic E-state index is 9.08. The fourth-order valence-electron chi connectivity index (χ4n) is 8.72. The molecule has 0 aromatic heterocycles. The number of benzene rings is 4. The number of hydrogen-bond donors (Lipinski definition) is 1. The van der Waals surface area contributed by atoms with Crippen LogP contribution in [0.4, 0.5) is 5.69 Å². The molecule has 0 saturated heterocycles. The third-order valence-electron chi connectivity index (χ3n) is 11.4. The largest absolute Gasteiger partial charge is 2.00 e. The van der Waals surface area contributed by atoms with E-state index < -0.39 is 18.0 Å². The zero-order valence-electron chi connectivity index (χ0n) is 36.9. The molecule has 6 rings (SSSR count). The minimum atomic E-state index is -3.92. The molecule has 2 saturated carbocycles. The molecule has 0 spiro atoms. The van der Waals surface area contributed by atoms with Crippen molar-refractivity contribution in [1.29, 1.82) is 0 Å². The van der Waals surface area contributed by atoms with Crippen molar-refractivity contribution >= 4 is 29.0 Å². The number of rotatable bonds is 11. The van der Waals surface area contributed by atoms with Crippen LogP contribution in [0.1, 0.15) is 154 Å². The second-order valence-electron chi connectivity index (χ2n) is 17.3. The topological polar surface area (TPSA) is 78.5 Å². The molecule has 2 aliphatic rings. The Kier molecular flexibility index (Phi) is 20.7. The van der Waals surface area contributed by atoms with Gasteiger partial charge < -0.3 is 14.6 Å². The van der Waals surface area contributed by atoms with E-state index in [4.69, 9.17) is 17.7 Å². The molecule has 0 unspecified atom stereocenters. The van der Waals surface area contributed by atoms with Gasteiger partial charge in [0.1, 0.15) is 5.30 Å². The van der Waals surface area contributed by atoms with E-state index in [1.807, 2.05) is 37.4 Å². The van der Waals surface area contributed by atoms with Gasteiger partial charge in [0.05, 0.1) is 27.5 Å². The van der Waals surface area contributed by atoms with E-state index in [-0.39, 0.29) is 26.5 Å². The maximum absolute atomic E-state index is 9.08. The fraction of sp³-hybridized carbons (Fsp3) is 0.520. The fourth-order valence-corrected chi connectivity index (χ4v) is 13.2. The first-order valence-electron chi connectivity index (χ1n) is 21.6. The Labute approximate surface area is 368 Å². The first-order valence-corrected chi connectivity index (χ1v) is 25.1. The number of para-hydroxylation sites is 1. The third-order valence-corrected chi connectivity index (χ3v) is 15.4. The van der Waals surface area contributed by atoms with E-state index in [1.54, 1.807) is 5.30 Å². The summed E-state index contributed by atoms with van der Waals surface area (Å²) in [5.74, 6) is 2.73. The maximum Gasteiger partial charge on any atom is 2.00 e. The van der Waals surface area contributed by atoms with Crippen molar-refractivity contribution in [2.75, 3.05) is 18.6 Å². The number of ether oxygens (including phenoxy) is 1. The van der Waals surface area contributed by atoms with Crippen LogP contribution in [0.25, 0.3) is 22.3 Å². The first kappa shape index (κ1) is 49.8. The van der Waals surface area contributed by atoms with Gasteiger partial charge in [-0.05, 0) is 123 Å². The van der Waals surface area contributed by atoms with Gasteiger partial charge in [-0.1, -0.05) is 102 Å². The molecule has 0 atom stereocenters. The van der Waals surface area contributed by atoms with Crippen LogP contribution >= 0.6 is 7.92 Å². The smallest absolute Gasteiger partial charge is 0.748 e. The van der Waals surface area contributed by atoms with Crippen LogP contribution in [0, 0.1) is 6.07 Å². The molecule has 2 aliphatic carbocycles. The van der Waals surface area contributed by atoms with Gasteiger partial charge in [0.15, 0.2) is 5.75 Å². The van der Waals surface area contributed by atoms with E-state index in [0.717, 1.165) is 22.6 Å². The molecule has 1 N–H and O–H groups in total. The Morgan fingerprint density at radius 2 is 1.21 bits per heavy atom. The summed E-state index contributed by atoms with van der Waals surface area (Å²) in [6.07, 6.45) is 15.1.